The quantitative estimate of drug-likeness (QED) is 0.694. The van der Waals surface area contributed by atoms with E-state index in [-0.39, 0.29) is 11.4 Å². The number of halogens is 1. The van der Waals surface area contributed by atoms with Crippen LogP contribution in [0.3, 0.4) is 0 Å². The summed E-state index contributed by atoms with van der Waals surface area (Å²) in [5.74, 6) is -1.70. The molecule has 1 aliphatic rings. The highest BCUT2D eigenvalue weighted by Gasteiger charge is 2.18. The summed E-state index contributed by atoms with van der Waals surface area (Å²) in [6.45, 7) is 3.89. The predicted molar refractivity (Wildman–Crippen MR) is 115 cm³/mol. The fraction of sp³-hybridized carbons (Fsp3) is 0.217. The molecule has 0 radical (unpaired) electrons. The van der Waals surface area contributed by atoms with Crippen molar-refractivity contribution in [1.82, 2.24) is 9.88 Å². The molecule has 2 N–H and O–H groups in total. The van der Waals surface area contributed by atoms with E-state index in [9.17, 15) is 19.1 Å². The lowest BCUT2D eigenvalue weighted by Gasteiger charge is -2.34. The maximum Gasteiger partial charge on any atom is 0.341 e. The van der Waals surface area contributed by atoms with E-state index in [2.05, 4.69) is 21.8 Å². The van der Waals surface area contributed by atoms with Crippen LogP contribution >= 0.6 is 0 Å². The van der Waals surface area contributed by atoms with E-state index in [4.69, 9.17) is 0 Å². The number of aromatic nitrogens is 1. The first kappa shape index (κ1) is 19.8. The van der Waals surface area contributed by atoms with Crippen LogP contribution in [0.15, 0.2) is 59.4 Å². The van der Waals surface area contributed by atoms with E-state index < -0.39 is 11.5 Å². The molecule has 1 aliphatic heterocycles. The molecule has 2 heterocycles. The van der Waals surface area contributed by atoms with Gasteiger partial charge in [0.15, 0.2) is 0 Å². The van der Waals surface area contributed by atoms with Gasteiger partial charge in [-0.25, -0.2) is 9.18 Å². The molecule has 7 heteroatoms. The summed E-state index contributed by atoms with van der Waals surface area (Å²) >= 11 is 0. The highest BCUT2D eigenvalue weighted by molar-refractivity contribution is 5.91. The van der Waals surface area contributed by atoms with Gasteiger partial charge in [0.25, 0.3) is 5.56 Å². The van der Waals surface area contributed by atoms with Crippen LogP contribution in [0, 0.1) is 5.82 Å². The molecule has 0 unspecified atom stereocenters. The van der Waals surface area contributed by atoms with Gasteiger partial charge < -0.3 is 19.9 Å². The number of nitrogens with zero attached hydrogens (tertiary/aromatic N) is 2. The number of rotatable bonds is 4. The number of anilines is 1. The number of nitrogens with one attached hydrogen (secondary N) is 1. The van der Waals surface area contributed by atoms with E-state index in [1.807, 2.05) is 24.3 Å². The van der Waals surface area contributed by atoms with Crippen LogP contribution in [0.1, 0.15) is 10.4 Å². The monoisotopic (exact) mass is 407 g/mol. The fourth-order valence-corrected chi connectivity index (χ4v) is 3.68. The molecule has 6 nitrogen and oxygen atoms in total. The Morgan fingerprint density at radius 3 is 2.17 bits per heavy atom. The summed E-state index contributed by atoms with van der Waals surface area (Å²) in [5.41, 5.74) is 2.47. The van der Waals surface area contributed by atoms with Crippen molar-refractivity contribution in [2.75, 3.05) is 38.1 Å². The van der Waals surface area contributed by atoms with Gasteiger partial charge in [0.05, 0.1) is 5.69 Å². The average Bonchev–Trinajstić information content (AvgIpc) is 2.75. The second-order valence-electron chi connectivity index (χ2n) is 7.45. The molecule has 1 saturated heterocycles. The number of carboxylic acid groups (broad SMARTS) is 1. The van der Waals surface area contributed by atoms with Crippen LogP contribution in [0.25, 0.3) is 22.4 Å². The number of hydrogen-bond donors (Lipinski definition) is 2. The molecule has 0 spiro atoms. The van der Waals surface area contributed by atoms with Crippen molar-refractivity contribution in [3.8, 4) is 22.4 Å². The van der Waals surface area contributed by atoms with E-state index in [1.54, 1.807) is 12.1 Å². The average molecular weight is 407 g/mol. The minimum atomic E-state index is -1.31. The van der Waals surface area contributed by atoms with Crippen LogP contribution in [0.4, 0.5) is 10.1 Å². The van der Waals surface area contributed by atoms with Gasteiger partial charge in [-0.3, -0.25) is 4.79 Å². The van der Waals surface area contributed by atoms with Crippen LogP contribution in [0.2, 0.25) is 0 Å². The summed E-state index contributed by atoms with van der Waals surface area (Å²) in [6, 6.07) is 14.9. The number of likely N-dealkylation sites (N-methyl/N-ethyl adjacent to an activating group) is 1. The Kier molecular flexibility index (Phi) is 5.37. The highest BCUT2D eigenvalue weighted by Crippen LogP contribution is 2.31. The summed E-state index contributed by atoms with van der Waals surface area (Å²) < 4.78 is 13.4. The minimum absolute atomic E-state index is 0.355. The van der Waals surface area contributed by atoms with E-state index >= 15 is 0 Å². The van der Waals surface area contributed by atoms with Gasteiger partial charge in [0.2, 0.25) is 0 Å². The van der Waals surface area contributed by atoms with Crippen molar-refractivity contribution in [3.63, 3.8) is 0 Å². The topological polar surface area (TPSA) is 76.6 Å². The van der Waals surface area contributed by atoms with E-state index in [0.29, 0.717) is 16.8 Å². The SMILES string of the molecule is CN1CCN(c2ccc(-c3[nH]c(=O)c(C(=O)O)cc3-c3ccc(F)cc3)cc2)CC1. The number of aromatic amines is 1. The Morgan fingerprint density at radius 1 is 0.967 bits per heavy atom. The predicted octanol–water partition coefficient (Wildman–Crippen LogP) is 3.30. The molecule has 0 bridgehead atoms. The van der Waals surface area contributed by atoms with Crippen molar-refractivity contribution in [3.05, 3.63) is 76.3 Å². The van der Waals surface area contributed by atoms with E-state index in [1.165, 1.54) is 18.2 Å². The zero-order chi connectivity index (χ0) is 21.3. The number of pyridine rings is 1. The summed E-state index contributed by atoms with van der Waals surface area (Å²) in [4.78, 5) is 31.1. The molecule has 0 amide bonds. The number of benzene rings is 2. The lowest BCUT2D eigenvalue weighted by Crippen LogP contribution is -2.44. The van der Waals surface area contributed by atoms with Gasteiger partial charge in [0, 0.05) is 37.4 Å². The molecule has 1 fully saturated rings. The van der Waals surface area contributed by atoms with Crippen LogP contribution in [-0.4, -0.2) is 54.2 Å². The molecule has 0 atom stereocenters. The Labute approximate surface area is 173 Å². The van der Waals surface area contributed by atoms with Crippen molar-refractivity contribution >= 4 is 11.7 Å². The second kappa shape index (κ2) is 8.12. The molecule has 0 aliphatic carbocycles. The maximum atomic E-state index is 13.4. The molecule has 2 aromatic carbocycles. The van der Waals surface area contributed by atoms with Gasteiger partial charge >= 0.3 is 5.97 Å². The maximum absolute atomic E-state index is 13.4. The van der Waals surface area contributed by atoms with Gasteiger partial charge in [-0.2, -0.15) is 0 Å². The van der Waals surface area contributed by atoms with Crippen LogP contribution < -0.4 is 10.5 Å². The summed E-state index contributed by atoms with van der Waals surface area (Å²) in [6.07, 6.45) is 0. The first-order chi connectivity index (χ1) is 14.4. The molecule has 4 rings (SSSR count). The molecule has 154 valence electrons. The van der Waals surface area contributed by atoms with Gasteiger partial charge in [-0.05, 0) is 48.5 Å². The third-order valence-electron chi connectivity index (χ3n) is 5.45. The smallest absolute Gasteiger partial charge is 0.341 e. The third-order valence-corrected chi connectivity index (χ3v) is 5.45. The number of carboxylic acids is 1. The number of piperazine rings is 1. The fourth-order valence-electron chi connectivity index (χ4n) is 3.68. The lowest BCUT2D eigenvalue weighted by atomic mass is 9.97. The zero-order valence-electron chi connectivity index (χ0n) is 16.6. The van der Waals surface area contributed by atoms with Gasteiger partial charge in [0.1, 0.15) is 11.4 Å². The van der Waals surface area contributed by atoms with Crippen LogP contribution in [0.5, 0.6) is 0 Å². The highest BCUT2D eigenvalue weighted by atomic mass is 19.1. The standard InChI is InChI=1S/C23H22FN3O3/c1-26-10-12-27(13-11-26)18-8-4-16(5-9-18)21-19(15-2-6-17(24)7-3-15)14-20(23(29)30)22(28)25-21/h2-9,14H,10-13H2,1H3,(H,25,28)(H,29,30). The zero-order valence-corrected chi connectivity index (χ0v) is 16.6. The molecular formula is C23H22FN3O3. The number of carbonyl (C=O) groups is 1. The summed E-state index contributed by atoms with van der Waals surface area (Å²) in [5, 5.41) is 9.35. The number of H-pyrrole nitrogens is 1. The molecular weight excluding hydrogens is 385 g/mol. The first-order valence-corrected chi connectivity index (χ1v) is 9.73. The van der Waals surface area contributed by atoms with E-state index in [0.717, 1.165) is 37.4 Å². The van der Waals surface area contributed by atoms with Crippen molar-refractivity contribution in [2.24, 2.45) is 0 Å². The first-order valence-electron chi connectivity index (χ1n) is 9.73. The molecule has 30 heavy (non-hydrogen) atoms. The Morgan fingerprint density at radius 2 is 1.57 bits per heavy atom. The van der Waals surface area contributed by atoms with Crippen LogP contribution in [-0.2, 0) is 0 Å². The van der Waals surface area contributed by atoms with Crippen molar-refractivity contribution in [2.45, 2.75) is 0 Å². The largest absolute Gasteiger partial charge is 0.477 e. The van der Waals surface area contributed by atoms with Gasteiger partial charge in [-0.15, -0.1) is 0 Å². The molecule has 1 aromatic heterocycles. The summed E-state index contributed by atoms with van der Waals surface area (Å²) in [7, 11) is 2.11. The number of hydrogen-bond acceptors (Lipinski definition) is 4. The number of aromatic carboxylic acids is 1. The Balaban J connectivity index is 1.76. The normalized spacial score (nSPS) is 14.7. The lowest BCUT2D eigenvalue weighted by molar-refractivity contribution is 0.0695. The molecule has 3 aromatic rings. The van der Waals surface area contributed by atoms with Gasteiger partial charge in [-0.1, -0.05) is 24.3 Å². The second-order valence-corrected chi connectivity index (χ2v) is 7.45. The third kappa shape index (κ3) is 3.97. The van der Waals surface area contributed by atoms with Crippen molar-refractivity contribution in [1.29, 1.82) is 0 Å². The Hall–Kier alpha value is -3.45. The minimum Gasteiger partial charge on any atom is -0.477 e. The van der Waals surface area contributed by atoms with Crippen molar-refractivity contribution < 1.29 is 14.3 Å². The molecule has 0 saturated carbocycles. The Bertz CT molecular complexity index is 1120.